The summed E-state index contributed by atoms with van der Waals surface area (Å²) in [6.07, 6.45) is 0.492. The summed E-state index contributed by atoms with van der Waals surface area (Å²) in [5.74, 6) is 5.77. The second-order valence-corrected chi connectivity index (χ2v) is 6.27. The molecule has 0 spiro atoms. The predicted octanol–water partition coefficient (Wildman–Crippen LogP) is -1.49. The van der Waals surface area contributed by atoms with Crippen LogP contribution < -0.4 is 11.5 Å². The zero-order valence-corrected chi connectivity index (χ0v) is 10.1. The lowest BCUT2D eigenvalue weighted by atomic mass is 10.5. The van der Waals surface area contributed by atoms with Crippen molar-refractivity contribution in [2.45, 2.75) is 19.9 Å². The average Bonchev–Trinajstić information content (AvgIpc) is 2.44. The number of nitrogen functional groups attached to an aromatic ring is 1. The van der Waals surface area contributed by atoms with E-state index in [-0.39, 0.29) is 23.1 Å². The SMILES string of the molecule is CCc1nn(CCSS(=O)(=O)[O-])c(=O)n1N. The summed E-state index contributed by atoms with van der Waals surface area (Å²) in [7, 11) is -4.10. The molecular formula is C6H11N4O4S2-. The number of nitrogens with two attached hydrogens (primary N) is 1. The van der Waals surface area contributed by atoms with Crippen molar-refractivity contribution in [3.05, 3.63) is 16.3 Å². The van der Waals surface area contributed by atoms with Crippen molar-refractivity contribution in [2.24, 2.45) is 0 Å². The van der Waals surface area contributed by atoms with Gasteiger partial charge in [0, 0.05) is 12.2 Å². The van der Waals surface area contributed by atoms with Crippen molar-refractivity contribution in [1.82, 2.24) is 14.5 Å². The maximum Gasteiger partial charge on any atom is 0.364 e. The predicted molar refractivity (Wildman–Crippen MR) is 58.2 cm³/mol. The molecule has 0 atom stereocenters. The smallest absolute Gasteiger partial charge is 0.364 e. The number of hydrogen-bond acceptors (Lipinski definition) is 7. The van der Waals surface area contributed by atoms with Gasteiger partial charge >= 0.3 is 5.69 Å². The molecule has 1 heterocycles. The van der Waals surface area contributed by atoms with E-state index >= 15 is 0 Å². The molecule has 10 heteroatoms. The van der Waals surface area contributed by atoms with Crippen molar-refractivity contribution >= 4 is 19.9 Å². The van der Waals surface area contributed by atoms with Crippen LogP contribution in [0.2, 0.25) is 0 Å². The van der Waals surface area contributed by atoms with Crippen molar-refractivity contribution < 1.29 is 13.0 Å². The quantitative estimate of drug-likeness (QED) is 0.392. The molecule has 0 aliphatic rings. The van der Waals surface area contributed by atoms with E-state index in [1.807, 2.05) is 0 Å². The number of nitrogens with zero attached hydrogens (tertiary/aromatic N) is 3. The molecule has 0 unspecified atom stereocenters. The number of aryl methyl sites for hydroxylation is 2. The summed E-state index contributed by atoms with van der Waals surface area (Å²) >= 11 is 0. The summed E-state index contributed by atoms with van der Waals surface area (Å²) in [6, 6.07) is 0. The van der Waals surface area contributed by atoms with Crippen LogP contribution in [0, 0.1) is 0 Å². The van der Waals surface area contributed by atoms with Gasteiger partial charge in [0.05, 0.1) is 6.54 Å². The highest BCUT2D eigenvalue weighted by Crippen LogP contribution is 2.08. The molecule has 0 radical (unpaired) electrons. The van der Waals surface area contributed by atoms with E-state index in [1.54, 1.807) is 6.92 Å². The summed E-state index contributed by atoms with van der Waals surface area (Å²) in [5, 5.41) is 3.88. The molecular weight excluding hydrogens is 256 g/mol. The first-order valence-electron chi connectivity index (χ1n) is 4.39. The third kappa shape index (κ3) is 3.25. The first-order chi connectivity index (χ1) is 7.35. The molecule has 1 rings (SSSR count). The minimum atomic E-state index is -4.33. The minimum Gasteiger partial charge on any atom is -0.739 e. The monoisotopic (exact) mass is 267 g/mol. The van der Waals surface area contributed by atoms with Gasteiger partial charge < -0.3 is 10.4 Å². The lowest BCUT2D eigenvalue weighted by Gasteiger charge is -2.04. The summed E-state index contributed by atoms with van der Waals surface area (Å²) in [5.41, 5.74) is -0.527. The fourth-order valence-corrected chi connectivity index (χ4v) is 2.37. The molecule has 0 saturated heterocycles. The lowest BCUT2D eigenvalue weighted by molar-refractivity contribution is 0.482. The Balaban J connectivity index is 2.72. The van der Waals surface area contributed by atoms with Crippen LogP contribution in [-0.2, 0) is 22.1 Å². The summed E-state index contributed by atoms with van der Waals surface area (Å²) in [4.78, 5) is 11.4. The largest absolute Gasteiger partial charge is 0.739 e. The number of aromatic nitrogens is 3. The van der Waals surface area contributed by atoms with Gasteiger partial charge in [-0.05, 0) is 10.8 Å². The van der Waals surface area contributed by atoms with Crippen molar-refractivity contribution in [3.8, 4) is 0 Å². The van der Waals surface area contributed by atoms with Gasteiger partial charge in [0.15, 0.2) is 5.82 Å². The van der Waals surface area contributed by atoms with Crippen molar-refractivity contribution in [2.75, 3.05) is 11.6 Å². The highest BCUT2D eigenvalue weighted by Gasteiger charge is 2.09. The second kappa shape index (κ2) is 4.89. The molecule has 8 nitrogen and oxygen atoms in total. The van der Waals surface area contributed by atoms with Gasteiger partial charge in [-0.25, -0.2) is 17.9 Å². The standard InChI is InChI=1S/C6H12N4O4S2/c1-2-5-8-9(6(11)10(5)7)3-4-15-16(12,13)14/h2-4,7H2,1H3,(H,12,13,14)/p-1. The van der Waals surface area contributed by atoms with E-state index in [1.165, 1.54) is 0 Å². The van der Waals surface area contributed by atoms with Gasteiger partial charge in [-0.2, -0.15) is 9.77 Å². The molecule has 16 heavy (non-hydrogen) atoms. The average molecular weight is 267 g/mol. The summed E-state index contributed by atoms with van der Waals surface area (Å²) < 4.78 is 32.9. The second-order valence-electron chi connectivity index (χ2n) is 2.88. The third-order valence-corrected chi connectivity index (χ3v) is 3.79. The topological polar surface area (TPSA) is 123 Å². The Bertz CT molecular complexity index is 517. The van der Waals surface area contributed by atoms with Crippen LogP contribution in [0.25, 0.3) is 0 Å². The molecule has 0 fully saturated rings. The van der Waals surface area contributed by atoms with Gasteiger partial charge in [0.2, 0.25) is 0 Å². The molecule has 1 aromatic heterocycles. The molecule has 0 aliphatic carbocycles. The van der Waals surface area contributed by atoms with E-state index in [0.29, 0.717) is 12.2 Å². The van der Waals surface area contributed by atoms with Crippen LogP contribution in [0.3, 0.4) is 0 Å². The zero-order chi connectivity index (χ0) is 12.3. The molecule has 0 saturated carbocycles. The van der Waals surface area contributed by atoms with Crippen LogP contribution in [-0.4, -0.2) is 33.2 Å². The minimum absolute atomic E-state index is 0.0299. The third-order valence-electron chi connectivity index (χ3n) is 1.79. The highest BCUT2D eigenvalue weighted by molar-refractivity contribution is 8.69. The van der Waals surface area contributed by atoms with Crippen LogP contribution in [0.4, 0.5) is 0 Å². The summed E-state index contributed by atoms with van der Waals surface area (Å²) in [6.45, 7) is 1.81. The molecule has 92 valence electrons. The Morgan fingerprint density at radius 3 is 2.62 bits per heavy atom. The van der Waals surface area contributed by atoms with Gasteiger partial charge in [-0.1, -0.05) is 6.92 Å². The van der Waals surface area contributed by atoms with Gasteiger partial charge in [-0.3, -0.25) is 0 Å². The maximum atomic E-state index is 11.4. The van der Waals surface area contributed by atoms with Crippen molar-refractivity contribution in [3.63, 3.8) is 0 Å². The van der Waals surface area contributed by atoms with Gasteiger partial charge in [0.1, 0.15) is 9.15 Å². The Kier molecular flexibility index (Phi) is 3.99. The van der Waals surface area contributed by atoms with Crippen molar-refractivity contribution in [1.29, 1.82) is 0 Å². The van der Waals surface area contributed by atoms with Gasteiger partial charge in [0.25, 0.3) is 0 Å². The first-order valence-corrected chi connectivity index (χ1v) is 7.30. The van der Waals surface area contributed by atoms with Crippen LogP contribution in [0.5, 0.6) is 0 Å². The Labute approximate surface area is 95.6 Å². The Morgan fingerprint density at radius 1 is 1.56 bits per heavy atom. The highest BCUT2D eigenvalue weighted by atomic mass is 33.1. The molecule has 0 amide bonds. The zero-order valence-electron chi connectivity index (χ0n) is 8.49. The molecule has 0 bridgehead atoms. The fraction of sp³-hybridized carbons (Fsp3) is 0.667. The van der Waals surface area contributed by atoms with Gasteiger partial charge in [-0.15, -0.1) is 0 Å². The normalized spacial score (nSPS) is 11.9. The van der Waals surface area contributed by atoms with E-state index in [9.17, 15) is 17.8 Å². The Hall–Kier alpha value is -1.00. The molecule has 1 aromatic rings. The van der Waals surface area contributed by atoms with E-state index in [2.05, 4.69) is 5.10 Å². The van der Waals surface area contributed by atoms with Crippen LogP contribution in [0.1, 0.15) is 12.7 Å². The maximum absolute atomic E-state index is 11.4. The number of hydrogen-bond donors (Lipinski definition) is 1. The van der Waals surface area contributed by atoms with Crippen LogP contribution in [0.15, 0.2) is 4.79 Å². The van der Waals surface area contributed by atoms with E-state index in [4.69, 9.17) is 5.84 Å². The van der Waals surface area contributed by atoms with E-state index in [0.717, 1.165) is 9.36 Å². The lowest BCUT2D eigenvalue weighted by Crippen LogP contribution is -2.31. The first kappa shape index (κ1) is 13.1. The Morgan fingerprint density at radius 2 is 2.19 bits per heavy atom. The fourth-order valence-electron chi connectivity index (χ4n) is 1.08. The van der Waals surface area contributed by atoms with Crippen LogP contribution >= 0.6 is 10.8 Å². The number of rotatable bonds is 5. The van der Waals surface area contributed by atoms with E-state index < -0.39 is 14.8 Å². The molecule has 0 aromatic carbocycles. The molecule has 0 aliphatic heterocycles. The molecule has 2 N–H and O–H groups in total.